The van der Waals surface area contributed by atoms with Crippen LogP contribution < -0.4 is 9.47 Å². The highest BCUT2D eigenvalue weighted by Gasteiger charge is 2.36. The molecule has 184 valence electrons. The minimum atomic E-state index is -0.537. The van der Waals surface area contributed by atoms with Crippen molar-refractivity contribution >= 4 is 62.2 Å². The van der Waals surface area contributed by atoms with Gasteiger partial charge in [0.1, 0.15) is 6.61 Å². The van der Waals surface area contributed by atoms with E-state index in [4.69, 9.17) is 21.1 Å². The fourth-order valence-electron chi connectivity index (χ4n) is 3.48. The normalized spacial score (nSPS) is 14.4. The molecule has 1 aliphatic rings. The first kappa shape index (κ1) is 25.7. The van der Waals surface area contributed by atoms with Gasteiger partial charge in [-0.05, 0) is 69.2 Å². The van der Waals surface area contributed by atoms with Crippen molar-refractivity contribution in [1.82, 2.24) is 4.90 Å². The number of nitro benzene ring substituents is 1. The fraction of sp³-hybridized carbons (Fsp3) is 0.120. The Morgan fingerprint density at radius 3 is 2.56 bits per heavy atom. The number of amides is 2. The van der Waals surface area contributed by atoms with E-state index in [2.05, 4.69) is 15.9 Å². The van der Waals surface area contributed by atoms with Crippen LogP contribution in [0.5, 0.6) is 11.5 Å². The molecule has 1 fully saturated rings. The average molecular weight is 590 g/mol. The van der Waals surface area contributed by atoms with Crippen LogP contribution in [0.3, 0.4) is 0 Å². The van der Waals surface area contributed by atoms with Gasteiger partial charge in [-0.15, -0.1) is 0 Å². The molecule has 11 heteroatoms. The van der Waals surface area contributed by atoms with Crippen LogP contribution in [0.2, 0.25) is 5.02 Å². The third kappa shape index (κ3) is 5.72. The second-order valence-electron chi connectivity index (χ2n) is 7.60. The van der Waals surface area contributed by atoms with E-state index < -0.39 is 16.1 Å². The standard InChI is InChI=1S/C25H18BrClN2O6S/c1-34-21-11-16(10-19(26)23(21)35-14-15-6-8-18(27)9-7-15)12-22-24(30)28(25(31)36-22)13-17-4-2-3-5-20(17)29(32)33/h2-12H,13-14H2,1H3/b22-12+. The van der Waals surface area contributed by atoms with Crippen LogP contribution in [-0.2, 0) is 17.9 Å². The number of ether oxygens (including phenoxy) is 2. The lowest BCUT2D eigenvalue weighted by molar-refractivity contribution is -0.385. The highest BCUT2D eigenvalue weighted by atomic mass is 79.9. The minimum absolute atomic E-state index is 0.150. The van der Waals surface area contributed by atoms with Crippen molar-refractivity contribution in [3.05, 3.63) is 102 Å². The number of hydrogen-bond acceptors (Lipinski definition) is 7. The molecule has 4 rings (SSSR count). The van der Waals surface area contributed by atoms with Gasteiger partial charge >= 0.3 is 0 Å². The Hall–Kier alpha value is -3.34. The number of methoxy groups -OCH3 is 1. The summed E-state index contributed by atoms with van der Waals surface area (Å²) in [6, 6.07) is 16.7. The molecule has 0 saturated carbocycles. The van der Waals surface area contributed by atoms with Gasteiger partial charge in [0, 0.05) is 16.7 Å². The van der Waals surface area contributed by atoms with E-state index in [9.17, 15) is 19.7 Å². The maximum Gasteiger partial charge on any atom is 0.293 e. The lowest BCUT2D eigenvalue weighted by Crippen LogP contribution is -2.27. The van der Waals surface area contributed by atoms with Crippen LogP contribution in [0.25, 0.3) is 6.08 Å². The second-order valence-corrected chi connectivity index (χ2v) is 9.89. The number of carbonyl (C=O) groups is 2. The van der Waals surface area contributed by atoms with Crippen molar-refractivity contribution < 1.29 is 24.0 Å². The van der Waals surface area contributed by atoms with Crippen molar-refractivity contribution in [3.63, 3.8) is 0 Å². The summed E-state index contributed by atoms with van der Waals surface area (Å²) in [5.74, 6) is 0.388. The van der Waals surface area contributed by atoms with Crippen molar-refractivity contribution in [2.75, 3.05) is 7.11 Å². The fourth-order valence-corrected chi connectivity index (χ4v) is 5.02. The lowest BCUT2D eigenvalue weighted by Gasteiger charge is -2.14. The zero-order valence-electron chi connectivity index (χ0n) is 18.8. The van der Waals surface area contributed by atoms with Crippen molar-refractivity contribution in [3.8, 4) is 11.5 Å². The molecular formula is C25H18BrClN2O6S. The number of para-hydroxylation sites is 1. The molecule has 0 aromatic heterocycles. The molecule has 36 heavy (non-hydrogen) atoms. The van der Waals surface area contributed by atoms with E-state index >= 15 is 0 Å². The van der Waals surface area contributed by atoms with Crippen molar-refractivity contribution in [2.24, 2.45) is 0 Å². The number of rotatable bonds is 8. The van der Waals surface area contributed by atoms with Gasteiger partial charge < -0.3 is 9.47 Å². The number of nitro groups is 1. The Morgan fingerprint density at radius 2 is 1.86 bits per heavy atom. The summed E-state index contributed by atoms with van der Waals surface area (Å²) in [5.41, 5.74) is 1.65. The Morgan fingerprint density at radius 1 is 1.14 bits per heavy atom. The summed E-state index contributed by atoms with van der Waals surface area (Å²) in [6.07, 6.45) is 1.57. The summed E-state index contributed by atoms with van der Waals surface area (Å²) in [4.78, 5) is 37.5. The number of imide groups is 1. The van der Waals surface area contributed by atoms with Gasteiger partial charge in [0.25, 0.3) is 16.8 Å². The molecule has 0 N–H and O–H groups in total. The summed E-state index contributed by atoms with van der Waals surface area (Å²) < 4.78 is 12.0. The number of carbonyl (C=O) groups excluding carboxylic acids is 2. The number of benzene rings is 3. The number of thioether (sulfide) groups is 1. The van der Waals surface area contributed by atoms with E-state index in [1.54, 1.807) is 36.4 Å². The van der Waals surface area contributed by atoms with Gasteiger partial charge in [0.15, 0.2) is 11.5 Å². The second kappa shape index (κ2) is 11.2. The van der Waals surface area contributed by atoms with Crippen molar-refractivity contribution in [2.45, 2.75) is 13.2 Å². The molecule has 0 bridgehead atoms. The molecule has 8 nitrogen and oxygen atoms in total. The minimum Gasteiger partial charge on any atom is -0.493 e. The molecular weight excluding hydrogens is 572 g/mol. The summed E-state index contributed by atoms with van der Waals surface area (Å²) >= 11 is 10.2. The van der Waals surface area contributed by atoms with Crippen LogP contribution in [-0.4, -0.2) is 28.1 Å². The summed E-state index contributed by atoms with van der Waals surface area (Å²) in [7, 11) is 1.50. The molecule has 1 heterocycles. The highest BCUT2D eigenvalue weighted by Crippen LogP contribution is 2.40. The molecule has 1 aliphatic heterocycles. The van der Waals surface area contributed by atoms with E-state index in [-0.39, 0.29) is 29.3 Å². The van der Waals surface area contributed by atoms with Gasteiger partial charge in [-0.25, -0.2) is 0 Å². The first-order valence-electron chi connectivity index (χ1n) is 10.5. The van der Waals surface area contributed by atoms with Gasteiger partial charge in [-0.1, -0.05) is 41.9 Å². The predicted molar refractivity (Wildman–Crippen MR) is 141 cm³/mol. The van der Waals surface area contributed by atoms with Crippen molar-refractivity contribution in [1.29, 1.82) is 0 Å². The van der Waals surface area contributed by atoms with E-state index in [1.807, 2.05) is 12.1 Å². The van der Waals surface area contributed by atoms with Crippen LogP contribution >= 0.6 is 39.3 Å². The van der Waals surface area contributed by atoms with Crippen LogP contribution in [0, 0.1) is 10.1 Å². The molecule has 0 atom stereocenters. The lowest BCUT2D eigenvalue weighted by atomic mass is 10.1. The maximum atomic E-state index is 13.0. The van der Waals surface area contributed by atoms with Gasteiger partial charge in [0.05, 0.1) is 28.0 Å². The number of hydrogen-bond donors (Lipinski definition) is 0. The molecule has 2 amide bonds. The van der Waals surface area contributed by atoms with Crippen LogP contribution in [0.1, 0.15) is 16.7 Å². The SMILES string of the molecule is COc1cc(/C=C2/SC(=O)N(Cc3ccccc3[N+](=O)[O-])C2=O)cc(Br)c1OCc1ccc(Cl)cc1. The third-order valence-corrected chi connectivity index (χ3v) is 6.98. The molecule has 0 spiro atoms. The van der Waals surface area contributed by atoms with Gasteiger partial charge in [-0.2, -0.15) is 0 Å². The smallest absolute Gasteiger partial charge is 0.293 e. The molecule has 3 aromatic carbocycles. The summed E-state index contributed by atoms with van der Waals surface area (Å²) in [6.45, 7) is 0.0969. The largest absolute Gasteiger partial charge is 0.493 e. The quantitative estimate of drug-likeness (QED) is 0.161. The van der Waals surface area contributed by atoms with E-state index in [0.717, 1.165) is 22.2 Å². The summed E-state index contributed by atoms with van der Waals surface area (Å²) in [5, 5.41) is 11.4. The first-order valence-corrected chi connectivity index (χ1v) is 12.5. The van der Waals surface area contributed by atoms with Gasteiger partial charge in [-0.3, -0.25) is 24.6 Å². The van der Waals surface area contributed by atoms with Gasteiger partial charge in [0.2, 0.25) is 0 Å². The molecule has 1 saturated heterocycles. The Balaban J connectivity index is 1.54. The highest BCUT2D eigenvalue weighted by molar-refractivity contribution is 9.10. The predicted octanol–water partition coefficient (Wildman–Crippen LogP) is 6.83. The number of halogens is 2. The zero-order chi connectivity index (χ0) is 25.8. The molecule has 0 unspecified atom stereocenters. The van der Waals surface area contributed by atoms with Crippen LogP contribution in [0.15, 0.2) is 70.0 Å². The Bertz CT molecular complexity index is 1380. The average Bonchev–Trinajstić information content (AvgIpc) is 3.11. The van der Waals surface area contributed by atoms with E-state index in [1.165, 1.54) is 25.3 Å². The Kier molecular flexibility index (Phi) is 7.97. The third-order valence-electron chi connectivity index (χ3n) is 5.24. The number of nitrogens with zero attached hydrogens (tertiary/aromatic N) is 2. The first-order chi connectivity index (χ1) is 17.3. The zero-order valence-corrected chi connectivity index (χ0v) is 21.9. The molecule has 0 aliphatic carbocycles. The maximum absolute atomic E-state index is 13.0. The van der Waals surface area contributed by atoms with E-state index in [0.29, 0.717) is 26.6 Å². The molecule has 3 aromatic rings. The van der Waals surface area contributed by atoms with Crippen LogP contribution in [0.4, 0.5) is 10.5 Å². The monoisotopic (exact) mass is 588 g/mol. The topological polar surface area (TPSA) is 99.0 Å². The molecule has 0 radical (unpaired) electrons. The Labute approximate surface area is 224 Å².